The second-order valence-electron chi connectivity index (χ2n) is 9.07. The summed E-state index contributed by atoms with van der Waals surface area (Å²) in [5, 5.41) is 0. The molecular formula is C24H28N2O4Si. The Labute approximate surface area is 184 Å². The van der Waals surface area contributed by atoms with Crippen molar-refractivity contribution in [2.75, 3.05) is 37.3 Å². The Bertz CT molecular complexity index is 1090. The predicted octanol–water partition coefficient (Wildman–Crippen LogP) is 4.24. The maximum atomic E-state index is 13.6. The molecule has 4 rings (SSSR count). The van der Waals surface area contributed by atoms with Crippen LogP contribution in [0.25, 0.3) is 11.1 Å². The third kappa shape index (κ3) is 3.68. The van der Waals surface area contributed by atoms with Crippen LogP contribution in [-0.2, 0) is 14.3 Å². The third-order valence-electron chi connectivity index (χ3n) is 5.73. The quantitative estimate of drug-likeness (QED) is 0.386. The SMILES string of the molecule is COc1cccc2c1N(C)C(=O)/C2=C1/C(=O)N(COCC[Si](C)(C)C)c2ccccc21. The first-order chi connectivity index (χ1) is 14.7. The van der Waals surface area contributed by atoms with E-state index in [1.165, 1.54) is 0 Å². The molecule has 0 fully saturated rings. The van der Waals surface area contributed by atoms with E-state index in [9.17, 15) is 9.59 Å². The highest BCUT2D eigenvalue weighted by molar-refractivity contribution is 6.76. The average Bonchev–Trinajstić information content (AvgIpc) is 3.15. The summed E-state index contributed by atoms with van der Waals surface area (Å²) >= 11 is 0. The van der Waals surface area contributed by atoms with Crippen molar-refractivity contribution in [3.8, 4) is 5.75 Å². The lowest BCUT2D eigenvalue weighted by Gasteiger charge is -2.20. The van der Waals surface area contributed by atoms with Crippen LogP contribution >= 0.6 is 0 Å². The Morgan fingerprint density at radius 3 is 2.29 bits per heavy atom. The van der Waals surface area contributed by atoms with Gasteiger partial charge in [-0.05, 0) is 18.2 Å². The highest BCUT2D eigenvalue weighted by Gasteiger charge is 2.42. The Morgan fingerprint density at radius 2 is 1.58 bits per heavy atom. The van der Waals surface area contributed by atoms with E-state index in [4.69, 9.17) is 9.47 Å². The highest BCUT2D eigenvalue weighted by atomic mass is 28.3. The fourth-order valence-corrected chi connectivity index (χ4v) is 4.80. The van der Waals surface area contributed by atoms with Gasteiger partial charge in [0.15, 0.2) is 0 Å². The molecule has 31 heavy (non-hydrogen) atoms. The van der Waals surface area contributed by atoms with Gasteiger partial charge in [0.25, 0.3) is 11.8 Å². The van der Waals surface area contributed by atoms with Crippen molar-refractivity contribution in [2.45, 2.75) is 25.7 Å². The molecule has 0 aromatic heterocycles. The van der Waals surface area contributed by atoms with E-state index >= 15 is 0 Å². The summed E-state index contributed by atoms with van der Waals surface area (Å²) < 4.78 is 11.4. The number of para-hydroxylation sites is 2. The molecule has 0 bridgehead atoms. The number of carbonyl (C=O) groups excluding carboxylic acids is 2. The van der Waals surface area contributed by atoms with E-state index < -0.39 is 8.07 Å². The summed E-state index contributed by atoms with van der Waals surface area (Å²) in [5.41, 5.74) is 3.77. The fourth-order valence-electron chi connectivity index (χ4n) is 4.04. The molecule has 0 spiro atoms. The first-order valence-corrected chi connectivity index (χ1v) is 14.1. The predicted molar refractivity (Wildman–Crippen MR) is 126 cm³/mol. The fraction of sp³-hybridized carbons (Fsp3) is 0.333. The van der Waals surface area contributed by atoms with Crippen LogP contribution in [0.1, 0.15) is 11.1 Å². The number of methoxy groups -OCH3 is 1. The summed E-state index contributed by atoms with van der Waals surface area (Å²) in [6, 6.07) is 14.1. The molecule has 2 aromatic rings. The molecular weight excluding hydrogens is 408 g/mol. The minimum absolute atomic E-state index is 0.173. The van der Waals surface area contributed by atoms with Crippen LogP contribution in [0.15, 0.2) is 42.5 Å². The maximum absolute atomic E-state index is 13.6. The summed E-state index contributed by atoms with van der Waals surface area (Å²) in [6.45, 7) is 7.68. The second kappa shape index (κ2) is 7.98. The molecule has 7 heteroatoms. The molecule has 0 aliphatic carbocycles. The van der Waals surface area contributed by atoms with Crippen molar-refractivity contribution < 1.29 is 19.1 Å². The molecule has 162 valence electrons. The largest absolute Gasteiger partial charge is 0.495 e. The van der Waals surface area contributed by atoms with E-state index in [1.807, 2.05) is 42.5 Å². The number of likely N-dealkylation sites (N-methyl/N-ethyl adjacent to an activating group) is 1. The summed E-state index contributed by atoms with van der Waals surface area (Å²) in [5.74, 6) is 0.190. The number of fused-ring (bicyclic) bond motifs is 2. The van der Waals surface area contributed by atoms with Crippen molar-refractivity contribution in [1.29, 1.82) is 0 Å². The van der Waals surface area contributed by atoms with E-state index in [2.05, 4.69) is 19.6 Å². The van der Waals surface area contributed by atoms with Gasteiger partial charge in [-0.1, -0.05) is 50.0 Å². The molecule has 0 saturated carbocycles. The number of rotatable bonds is 6. The second-order valence-corrected chi connectivity index (χ2v) is 14.7. The molecule has 0 unspecified atom stereocenters. The topological polar surface area (TPSA) is 59.1 Å². The molecule has 2 aromatic carbocycles. The van der Waals surface area contributed by atoms with Crippen LogP contribution in [0.5, 0.6) is 5.75 Å². The van der Waals surface area contributed by atoms with Gasteiger partial charge in [0.05, 0.1) is 29.6 Å². The van der Waals surface area contributed by atoms with Crippen LogP contribution in [0, 0.1) is 0 Å². The highest BCUT2D eigenvalue weighted by Crippen LogP contribution is 2.48. The van der Waals surface area contributed by atoms with Crippen LogP contribution in [-0.4, -0.2) is 47.4 Å². The lowest BCUT2D eigenvalue weighted by Crippen LogP contribution is -2.31. The van der Waals surface area contributed by atoms with Crippen LogP contribution in [0.2, 0.25) is 25.7 Å². The Morgan fingerprint density at radius 1 is 0.903 bits per heavy atom. The number of nitrogens with zero attached hydrogens (tertiary/aromatic N) is 2. The Balaban J connectivity index is 1.76. The van der Waals surface area contributed by atoms with Gasteiger partial charge in [-0.3, -0.25) is 14.5 Å². The number of amides is 2. The molecule has 0 atom stereocenters. The van der Waals surface area contributed by atoms with E-state index in [-0.39, 0.29) is 18.5 Å². The molecule has 0 saturated heterocycles. The summed E-state index contributed by atoms with van der Waals surface area (Å²) in [7, 11) is 2.06. The van der Waals surface area contributed by atoms with E-state index in [1.54, 1.807) is 24.0 Å². The average molecular weight is 437 g/mol. The number of hydrogen-bond acceptors (Lipinski definition) is 4. The molecule has 6 nitrogen and oxygen atoms in total. The number of benzene rings is 2. The van der Waals surface area contributed by atoms with Gasteiger partial charge in [0.2, 0.25) is 0 Å². The van der Waals surface area contributed by atoms with Gasteiger partial charge < -0.3 is 14.4 Å². The lowest BCUT2D eigenvalue weighted by molar-refractivity contribution is -0.115. The standard InChI is InChI=1S/C24H28N2O4Si/c1-25-22-17(10-8-12-19(22)29-2)21(23(25)27)20-16-9-6-7-11-18(16)26(24(20)28)15-30-13-14-31(3,4)5/h6-12H,13-15H2,1-5H3/b21-20+. The smallest absolute Gasteiger partial charge is 0.261 e. The first kappa shape index (κ1) is 21.3. The monoisotopic (exact) mass is 436 g/mol. The Kier molecular flexibility index (Phi) is 5.49. The summed E-state index contributed by atoms with van der Waals surface area (Å²) in [6.07, 6.45) is 0. The lowest BCUT2D eigenvalue weighted by atomic mass is 9.96. The number of ether oxygens (including phenoxy) is 2. The minimum Gasteiger partial charge on any atom is -0.495 e. The van der Waals surface area contributed by atoms with Crippen LogP contribution in [0.3, 0.4) is 0 Å². The zero-order valence-corrected chi connectivity index (χ0v) is 19.7. The zero-order chi connectivity index (χ0) is 22.3. The Hall–Kier alpha value is -2.90. The molecule has 0 radical (unpaired) electrons. The number of hydrogen-bond donors (Lipinski definition) is 0. The molecule has 2 aliphatic heterocycles. The van der Waals surface area contributed by atoms with E-state index in [0.717, 1.165) is 17.3 Å². The maximum Gasteiger partial charge on any atom is 0.261 e. The van der Waals surface area contributed by atoms with Gasteiger partial charge in [0, 0.05) is 32.9 Å². The third-order valence-corrected chi connectivity index (χ3v) is 7.44. The number of carbonyl (C=O) groups is 2. The zero-order valence-electron chi connectivity index (χ0n) is 18.7. The van der Waals surface area contributed by atoms with E-state index in [0.29, 0.717) is 34.8 Å². The van der Waals surface area contributed by atoms with Gasteiger partial charge in [-0.25, -0.2) is 0 Å². The van der Waals surface area contributed by atoms with Crippen molar-refractivity contribution in [2.24, 2.45) is 0 Å². The number of anilines is 2. The van der Waals surface area contributed by atoms with Crippen molar-refractivity contribution in [3.05, 3.63) is 53.6 Å². The summed E-state index contributed by atoms with van der Waals surface area (Å²) in [4.78, 5) is 30.0. The van der Waals surface area contributed by atoms with Gasteiger partial charge in [-0.2, -0.15) is 0 Å². The van der Waals surface area contributed by atoms with Crippen molar-refractivity contribution in [1.82, 2.24) is 0 Å². The van der Waals surface area contributed by atoms with Gasteiger partial charge >= 0.3 is 0 Å². The molecule has 2 heterocycles. The molecule has 0 N–H and O–H groups in total. The van der Waals surface area contributed by atoms with Gasteiger partial charge in [0.1, 0.15) is 12.5 Å². The molecule has 2 aliphatic rings. The minimum atomic E-state index is -1.22. The van der Waals surface area contributed by atoms with Gasteiger partial charge in [-0.15, -0.1) is 0 Å². The molecule has 2 amide bonds. The van der Waals surface area contributed by atoms with Crippen molar-refractivity contribution in [3.63, 3.8) is 0 Å². The normalized spacial score (nSPS) is 18.0. The van der Waals surface area contributed by atoms with Crippen LogP contribution < -0.4 is 14.5 Å². The van der Waals surface area contributed by atoms with Crippen molar-refractivity contribution >= 4 is 42.4 Å². The van der Waals surface area contributed by atoms with Crippen LogP contribution in [0.4, 0.5) is 11.4 Å². The first-order valence-electron chi connectivity index (χ1n) is 10.4.